The number of ether oxygens (including phenoxy) is 1. The van der Waals surface area contributed by atoms with Crippen LogP contribution in [0.2, 0.25) is 0 Å². The van der Waals surface area contributed by atoms with Crippen LogP contribution in [0.5, 0.6) is 0 Å². The molecule has 0 bridgehead atoms. The van der Waals surface area contributed by atoms with Gasteiger partial charge in [-0.1, -0.05) is 46.5 Å². The van der Waals surface area contributed by atoms with Gasteiger partial charge in [-0.3, -0.25) is 4.79 Å². The van der Waals surface area contributed by atoms with Crippen molar-refractivity contribution >= 4 is 17.7 Å². The van der Waals surface area contributed by atoms with Crippen molar-refractivity contribution in [2.75, 3.05) is 6.61 Å². The molecule has 4 saturated carbocycles. The molecule has 4 fully saturated rings. The summed E-state index contributed by atoms with van der Waals surface area (Å²) in [6, 6.07) is 0. The lowest BCUT2D eigenvalue weighted by molar-refractivity contribution is -0.177. The summed E-state index contributed by atoms with van der Waals surface area (Å²) in [6.07, 6.45) is 16.5. The molecule has 0 saturated heterocycles. The van der Waals surface area contributed by atoms with Crippen molar-refractivity contribution in [2.45, 2.75) is 110 Å². The highest BCUT2D eigenvalue weighted by Gasteiger charge is 2.67. The van der Waals surface area contributed by atoms with Crippen LogP contribution in [0, 0.1) is 34.5 Å². The number of thiol groups is 1. The minimum atomic E-state index is -0.635. The maximum Gasteiger partial charge on any atom is 0.218 e. The van der Waals surface area contributed by atoms with E-state index in [0.717, 1.165) is 43.6 Å². The summed E-state index contributed by atoms with van der Waals surface area (Å²) >= 11 is 4.42. The molecule has 0 spiro atoms. The number of fused-ring (bicyclic) bond motifs is 5. The molecule has 2 nitrogen and oxygen atoms in total. The Kier molecular flexibility index (Phi) is 6.00. The SMILES string of the molecule is CCCCCO[C@]1(C(=O)S)CC[C@H]2[C@@H]3CCC4CCCC[C@]4(C)[C@H]3CC[C@@]21C. The van der Waals surface area contributed by atoms with Crippen LogP contribution >= 0.6 is 12.6 Å². The number of carbonyl (C=O) groups is 1. The molecule has 0 amide bonds. The van der Waals surface area contributed by atoms with Gasteiger partial charge in [0.25, 0.3) is 0 Å². The third-order valence-electron chi connectivity index (χ3n) is 10.1. The molecule has 0 N–H and O–H groups in total. The van der Waals surface area contributed by atoms with E-state index in [4.69, 9.17) is 4.74 Å². The molecule has 0 aromatic heterocycles. The fourth-order valence-corrected chi connectivity index (χ4v) is 8.97. The van der Waals surface area contributed by atoms with Crippen molar-refractivity contribution in [3.63, 3.8) is 0 Å². The number of hydrogen-bond acceptors (Lipinski definition) is 2. The molecule has 1 unspecified atom stereocenters. The number of unbranched alkanes of at least 4 members (excludes halogenated alkanes) is 2. The second-order valence-electron chi connectivity index (χ2n) is 11.1. The highest BCUT2D eigenvalue weighted by molar-refractivity contribution is 7.96. The van der Waals surface area contributed by atoms with Crippen molar-refractivity contribution < 1.29 is 9.53 Å². The van der Waals surface area contributed by atoms with E-state index < -0.39 is 5.60 Å². The average Bonchev–Trinajstić information content (AvgIpc) is 2.98. The Labute approximate surface area is 178 Å². The lowest BCUT2D eigenvalue weighted by Crippen LogP contribution is -2.58. The van der Waals surface area contributed by atoms with Gasteiger partial charge in [0.05, 0.1) is 0 Å². The zero-order chi connectivity index (χ0) is 20.0. The summed E-state index contributed by atoms with van der Waals surface area (Å²) < 4.78 is 6.51. The Morgan fingerprint density at radius 3 is 2.50 bits per heavy atom. The van der Waals surface area contributed by atoms with Gasteiger partial charge in [-0.15, -0.1) is 12.6 Å². The smallest absolute Gasteiger partial charge is 0.218 e. The maximum absolute atomic E-state index is 12.9. The summed E-state index contributed by atoms with van der Waals surface area (Å²) in [6.45, 7) is 7.96. The van der Waals surface area contributed by atoms with E-state index in [2.05, 4.69) is 33.4 Å². The summed E-state index contributed by atoms with van der Waals surface area (Å²) in [5.41, 5.74) is -0.0956. The lowest BCUT2D eigenvalue weighted by atomic mass is 9.44. The fourth-order valence-electron chi connectivity index (χ4n) is 8.54. The summed E-state index contributed by atoms with van der Waals surface area (Å²) in [5.74, 6) is 3.27. The minimum Gasteiger partial charge on any atom is -0.366 e. The summed E-state index contributed by atoms with van der Waals surface area (Å²) in [7, 11) is 0. The average molecular weight is 407 g/mol. The van der Waals surface area contributed by atoms with Crippen LogP contribution in [0.4, 0.5) is 0 Å². The van der Waals surface area contributed by atoms with Gasteiger partial charge < -0.3 is 4.74 Å². The van der Waals surface area contributed by atoms with Gasteiger partial charge >= 0.3 is 0 Å². The predicted octanol–water partition coefficient (Wildman–Crippen LogP) is 6.82. The summed E-state index contributed by atoms with van der Waals surface area (Å²) in [4.78, 5) is 12.9. The zero-order valence-electron chi connectivity index (χ0n) is 18.5. The molecule has 0 aromatic carbocycles. The molecule has 160 valence electrons. The Bertz CT molecular complexity index is 591. The van der Waals surface area contributed by atoms with E-state index in [9.17, 15) is 4.79 Å². The molecule has 0 aliphatic heterocycles. The molecule has 4 aliphatic rings. The first kappa shape index (κ1) is 21.2. The van der Waals surface area contributed by atoms with E-state index in [1.165, 1.54) is 64.2 Å². The van der Waals surface area contributed by atoms with E-state index in [0.29, 0.717) is 11.3 Å². The van der Waals surface area contributed by atoms with Crippen molar-refractivity contribution in [2.24, 2.45) is 34.5 Å². The van der Waals surface area contributed by atoms with Crippen molar-refractivity contribution in [1.29, 1.82) is 0 Å². The van der Waals surface area contributed by atoms with Gasteiger partial charge in [-0.25, -0.2) is 0 Å². The van der Waals surface area contributed by atoms with Crippen LogP contribution < -0.4 is 0 Å². The van der Waals surface area contributed by atoms with Gasteiger partial charge in [0.15, 0.2) is 0 Å². The first-order valence-corrected chi connectivity index (χ1v) is 12.7. The second-order valence-corrected chi connectivity index (χ2v) is 11.5. The van der Waals surface area contributed by atoms with E-state index in [1.54, 1.807) is 0 Å². The van der Waals surface area contributed by atoms with E-state index >= 15 is 0 Å². The predicted molar refractivity (Wildman–Crippen MR) is 119 cm³/mol. The molecular weight excluding hydrogens is 364 g/mol. The molecule has 0 heterocycles. The molecule has 4 aliphatic carbocycles. The third kappa shape index (κ3) is 3.04. The lowest BCUT2D eigenvalue weighted by Gasteiger charge is -2.61. The van der Waals surface area contributed by atoms with Gasteiger partial charge in [0, 0.05) is 12.0 Å². The zero-order valence-corrected chi connectivity index (χ0v) is 19.4. The topological polar surface area (TPSA) is 26.3 Å². The Morgan fingerprint density at radius 1 is 0.964 bits per heavy atom. The third-order valence-corrected chi connectivity index (χ3v) is 10.5. The number of rotatable bonds is 6. The normalized spacial score (nSPS) is 47.9. The highest BCUT2D eigenvalue weighted by Crippen LogP contribution is 2.69. The van der Waals surface area contributed by atoms with Gasteiger partial charge in [-0.2, -0.15) is 0 Å². The molecule has 4 rings (SSSR count). The van der Waals surface area contributed by atoms with Crippen LogP contribution in [-0.4, -0.2) is 17.3 Å². The first-order valence-electron chi connectivity index (χ1n) is 12.3. The van der Waals surface area contributed by atoms with E-state index in [-0.39, 0.29) is 10.5 Å². The largest absolute Gasteiger partial charge is 0.366 e. The molecular formula is C25H42O2S. The first-order chi connectivity index (χ1) is 13.4. The summed E-state index contributed by atoms with van der Waals surface area (Å²) in [5, 5.41) is 0.00464. The highest BCUT2D eigenvalue weighted by atomic mass is 32.1. The van der Waals surface area contributed by atoms with Crippen molar-refractivity contribution in [3.05, 3.63) is 0 Å². The van der Waals surface area contributed by atoms with Gasteiger partial charge in [-0.05, 0) is 86.9 Å². The Morgan fingerprint density at radius 2 is 1.75 bits per heavy atom. The van der Waals surface area contributed by atoms with Gasteiger partial charge in [0.2, 0.25) is 5.12 Å². The Hall–Kier alpha value is -0.0200. The molecule has 28 heavy (non-hydrogen) atoms. The standard InChI is InChI=1S/C25H42O2S/c1-4-5-8-17-27-25(22(26)28)16-13-21-19-11-10-18-9-6-7-14-23(18,2)20(19)12-15-24(21,25)3/h18-21H,4-17H2,1-3H3,(H,26,28)/t18?,19-,20+,21+,23+,24+,25+/m1/s1. The van der Waals surface area contributed by atoms with Crippen molar-refractivity contribution in [1.82, 2.24) is 0 Å². The van der Waals surface area contributed by atoms with Crippen LogP contribution in [-0.2, 0) is 9.53 Å². The van der Waals surface area contributed by atoms with Crippen LogP contribution in [0.1, 0.15) is 104 Å². The van der Waals surface area contributed by atoms with Crippen LogP contribution in [0.3, 0.4) is 0 Å². The monoisotopic (exact) mass is 406 g/mol. The minimum absolute atomic E-state index is 0.00464. The number of carbonyl (C=O) groups excluding carboxylic acids is 1. The van der Waals surface area contributed by atoms with E-state index in [1.807, 2.05) is 0 Å². The van der Waals surface area contributed by atoms with Crippen LogP contribution in [0.15, 0.2) is 0 Å². The fraction of sp³-hybridized carbons (Fsp3) is 0.960. The van der Waals surface area contributed by atoms with Crippen LogP contribution in [0.25, 0.3) is 0 Å². The molecule has 7 atom stereocenters. The number of hydrogen-bond donors (Lipinski definition) is 1. The maximum atomic E-state index is 12.9. The molecule has 3 heteroatoms. The quantitative estimate of drug-likeness (QED) is 0.387. The Balaban J connectivity index is 1.58. The second kappa shape index (κ2) is 7.91. The molecule has 0 aromatic rings. The van der Waals surface area contributed by atoms with Crippen molar-refractivity contribution in [3.8, 4) is 0 Å². The molecule has 0 radical (unpaired) electrons. The van der Waals surface area contributed by atoms with Gasteiger partial charge in [0.1, 0.15) is 5.60 Å².